The number of hydrogen-bond donors (Lipinski definition) is 1. The third-order valence-corrected chi connectivity index (χ3v) is 3.03. The lowest BCUT2D eigenvalue weighted by Crippen LogP contribution is -2.48. The Morgan fingerprint density at radius 1 is 1.56 bits per heavy atom. The molecular weight excluding hydrogens is 202 g/mol. The highest BCUT2D eigenvalue weighted by atomic mass is 16.5. The van der Waals surface area contributed by atoms with Crippen molar-refractivity contribution in [2.75, 3.05) is 19.6 Å². The Kier molecular flexibility index (Phi) is 6.03. The van der Waals surface area contributed by atoms with Gasteiger partial charge in [-0.1, -0.05) is 13.0 Å². The van der Waals surface area contributed by atoms with Crippen LogP contribution in [-0.2, 0) is 4.74 Å². The zero-order valence-corrected chi connectivity index (χ0v) is 10.6. The summed E-state index contributed by atoms with van der Waals surface area (Å²) in [5, 5.41) is 9.85. The van der Waals surface area contributed by atoms with Gasteiger partial charge < -0.3 is 9.84 Å². The first-order chi connectivity index (χ1) is 7.65. The van der Waals surface area contributed by atoms with E-state index in [1.165, 1.54) is 0 Å². The molecule has 1 N–H and O–H groups in total. The molecule has 0 saturated carbocycles. The molecule has 1 rings (SSSR count). The number of β-amino-alcohol motifs (C(OH)–C–C–N with tert-alkyl or cyclic N) is 1. The van der Waals surface area contributed by atoms with Crippen LogP contribution in [0.2, 0.25) is 0 Å². The Hall–Kier alpha value is -0.380. The van der Waals surface area contributed by atoms with Gasteiger partial charge in [-0.25, -0.2) is 0 Å². The summed E-state index contributed by atoms with van der Waals surface area (Å²) >= 11 is 0. The van der Waals surface area contributed by atoms with Gasteiger partial charge >= 0.3 is 0 Å². The third-order valence-electron chi connectivity index (χ3n) is 3.03. The van der Waals surface area contributed by atoms with E-state index < -0.39 is 0 Å². The lowest BCUT2D eigenvalue weighted by atomic mass is 10.1. The molecule has 3 nitrogen and oxygen atoms in total. The first kappa shape index (κ1) is 13.7. The topological polar surface area (TPSA) is 32.7 Å². The van der Waals surface area contributed by atoms with Crippen LogP contribution in [0.3, 0.4) is 0 Å². The maximum absolute atomic E-state index is 9.85. The van der Waals surface area contributed by atoms with Gasteiger partial charge in [0.15, 0.2) is 0 Å². The molecule has 1 aliphatic rings. The first-order valence-electron chi connectivity index (χ1n) is 6.32. The number of aliphatic hydroxyl groups excluding tert-OH is 1. The standard InChI is InChI=1S/C13H25NO2/c1-4-6-7-12(15)9-14-8-11(3)16-13(5-2)10-14/h4,11-13,15H,1,5-10H2,2-3H3. The van der Waals surface area contributed by atoms with E-state index in [0.29, 0.717) is 6.10 Å². The van der Waals surface area contributed by atoms with Gasteiger partial charge in [0.2, 0.25) is 0 Å². The minimum Gasteiger partial charge on any atom is -0.392 e. The Morgan fingerprint density at radius 2 is 2.31 bits per heavy atom. The number of allylic oxidation sites excluding steroid dienone is 1. The van der Waals surface area contributed by atoms with Crippen LogP contribution in [0.1, 0.15) is 33.1 Å². The summed E-state index contributed by atoms with van der Waals surface area (Å²) in [6.07, 6.45) is 4.98. The maximum Gasteiger partial charge on any atom is 0.0703 e. The lowest BCUT2D eigenvalue weighted by Gasteiger charge is -2.37. The predicted octanol–water partition coefficient (Wildman–Crippen LogP) is 1.81. The number of nitrogens with zero attached hydrogens (tertiary/aromatic N) is 1. The van der Waals surface area contributed by atoms with Crippen molar-refractivity contribution in [3.8, 4) is 0 Å². The second-order valence-corrected chi connectivity index (χ2v) is 4.72. The smallest absolute Gasteiger partial charge is 0.0703 e. The van der Waals surface area contributed by atoms with Gasteiger partial charge in [0.1, 0.15) is 0 Å². The van der Waals surface area contributed by atoms with Gasteiger partial charge in [0.25, 0.3) is 0 Å². The lowest BCUT2D eigenvalue weighted by molar-refractivity contribution is -0.0856. The quantitative estimate of drug-likeness (QED) is 0.703. The summed E-state index contributed by atoms with van der Waals surface area (Å²) in [5.41, 5.74) is 0. The molecule has 94 valence electrons. The summed E-state index contributed by atoms with van der Waals surface area (Å²) in [4.78, 5) is 2.32. The fourth-order valence-corrected chi connectivity index (χ4v) is 2.21. The number of rotatable bonds is 6. The van der Waals surface area contributed by atoms with Crippen molar-refractivity contribution in [2.24, 2.45) is 0 Å². The molecule has 0 radical (unpaired) electrons. The van der Waals surface area contributed by atoms with Crippen LogP contribution < -0.4 is 0 Å². The Morgan fingerprint density at radius 3 is 2.94 bits per heavy atom. The van der Waals surface area contributed by atoms with E-state index in [9.17, 15) is 5.11 Å². The minimum absolute atomic E-state index is 0.235. The minimum atomic E-state index is -0.235. The average molecular weight is 227 g/mol. The number of morpholine rings is 1. The van der Waals surface area contributed by atoms with Crippen LogP contribution in [0.15, 0.2) is 12.7 Å². The van der Waals surface area contributed by atoms with Crippen LogP contribution in [0, 0.1) is 0 Å². The predicted molar refractivity (Wildman–Crippen MR) is 66.5 cm³/mol. The molecule has 1 saturated heterocycles. The van der Waals surface area contributed by atoms with Gasteiger partial charge in [-0.3, -0.25) is 4.90 Å². The van der Waals surface area contributed by atoms with Gasteiger partial charge in [0, 0.05) is 19.6 Å². The molecule has 1 heterocycles. The van der Waals surface area contributed by atoms with E-state index in [-0.39, 0.29) is 12.2 Å². The van der Waals surface area contributed by atoms with Gasteiger partial charge in [-0.2, -0.15) is 0 Å². The van der Waals surface area contributed by atoms with E-state index >= 15 is 0 Å². The van der Waals surface area contributed by atoms with Crippen molar-refractivity contribution in [1.29, 1.82) is 0 Å². The first-order valence-corrected chi connectivity index (χ1v) is 6.32. The van der Waals surface area contributed by atoms with E-state index in [0.717, 1.165) is 38.9 Å². The van der Waals surface area contributed by atoms with E-state index in [1.54, 1.807) is 0 Å². The maximum atomic E-state index is 9.85. The van der Waals surface area contributed by atoms with Gasteiger partial charge in [-0.05, 0) is 26.2 Å². The fourth-order valence-electron chi connectivity index (χ4n) is 2.21. The van der Waals surface area contributed by atoms with Gasteiger partial charge in [0.05, 0.1) is 18.3 Å². The summed E-state index contributed by atoms with van der Waals surface area (Å²) in [5.74, 6) is 0. The number of ether oxygens (including phenoxy) is 1. The van der Waals surface area contributed by atoms with Crippen molar-refractivity contribution >= 4 is 0 Å². The van der Waals surface area contributed by atoms with Crippen molar-refractivity contribution in [2.45, 2.75) is 51.4 Å². The van der Waals surface area contributed by atoms with Crippen LogP contribution in [0.5, 0.6) is 0 Å². The number of aliphatic hydroxyl groups is 1. The zero-order chi connectivity index (χ0) is 12.0. The fraction of sp³-hybridized carbons (Fsp3) is 0.846. The monoisotopic (exact) mass is 227 g/mol. The van der Waals surface area contributed by atoms with E-state index in [1.807, 2.05) is 6.08 Å². The molecule has 0 amide bonds. The molecule has 0 aromatic heterocycles. The van der Waals surface area contributed by atoms with Crippen molar-refractivity contribution in [3.05, 3.63) is 12.7 Å². The highest BCUT2D eigenvalue weighted by molar-refractivity contribution is 4.78. The highest BCUT2D eigenvalue weighted by Gasteiger charge is 2.24. The van der Waals surface area contributed by atoms with Crippen LogP contribution in [0.25, 0.3) is 0 Å². The van der Waals surface area contributed by atoms with Gasteiger partial charge in [-0.15, -0.1) is 6.58 Å². The average Bonchev–Trinajstić information content (AvgIpc) is 2.25. The summed E-state index contributed by atoms with van der Waals surface area (Å²) in [6.45, 7) is 10.6. The second-order valence-electron chi connectivity index (χ2n) is 4.72. The Labute approximate surface area is 99.1 Å². The van der Waals surface area contributed by atoms with E-state index in [4.69, 9.17) is 4.74 Å². The second kappa shape index (κ2) is 7.05. The molecule has 16 heavy (non-hydrogen) atoms. The van der Waals surface area contributed by atoms with Crippen LogP contribution >= 0.6 is 0 Å². The molecule has 0 spiro atoms. The SMILES string of the molecule is C=CCCC(O)CN1CC(C)OC(CC)C1. The van der Waals surface area contributed by atoms with Crippen molar-refractivity contribution in [3.63, 3.8) is 0 Å². The molecule has 0 bridgehead atoms. The number of hydrogen-bond acceptors (Lipinski definition) is 3. The zero-order valence-electron chi connectivity index (χ0n) is 10.6. The summed E-state index contributed by atoms with van der Waals surface area (Å²) in [7, 11) is 0. The Bertz CT molecular complexity index is 208. The molecule has 0 aliphatic carbocycles. The molecule has 0 aromatic rings. The van der Waals surface area contributed by atoms with Crippen molar-refractivity contribution in [1.82, 2.24) is 4.90 Å². The molecule has 1 aliphatic heterocycles. The molecule has 3 heteroatoms. The molecule has 3 atom stereocenters. The Balaban J connectivity index is 2.32. The van der Waals surface area contributed by atoms with E-state index in [2.05, 4.69) is 25.3 Å². The molecule has 1 fully saturated rings. The largest absolute Gasteiger partial charge is 0.392 e. The third kappa shape index (κ3) is 4.64. The summed E-state index contributed by atoms with van der Waals surface area (Å²) < 4.78 is 5.79. The van der Waals surface area contributed by atoms with Crippen LogP contribution in [0.4, 0.5) is 0 Å². The normalized spacial score (nSPS) is 28.9. The highest BCUT2D eigenvalue weighted by Crippen LogP contribution is 2.14. The molecule has 0 aromatic carbocycles. The molecular formula is C13H25NO2. The summed E-state index contributed by atoms with van der Waals surface area (Å²) in [6, 6.07) is 0. The molecule has 3 unspecified atom stereocenters. The van der Waals surface area contributed by atoms with Crippen LogP contribution in [-0.4, -0.2) is 48.0 Å². The van der Waals surface area contributed by atoms with Crippen molar-refractivity contribution < 1.29 is 9.84 Å².